The Kier molecular flexibility index (Phi) is 6.26. The number of aromatic nitrogens is 1. The number of aryl methyl sites for hydroxylation is 1. The molecular formula is C20H30N2. The van der Waals surface area contributed by atoms with Gasteiger partial charge < -0.3 is 4.57 Å². The van der Waals surface area contributed by atoms with Gasteiger partial charge in [-0.25, -0.2) is 0 Å². The Morgan fingerprint density at radius 3 is 2.45 bits per heavy atom. The van der Waals surface area contributed by atoms with Crippen molar-refractivity contribution in [1.82, 2.24) is 9.47 Å². The van der Waals surface area contributed by atoms with Gasteiger partial charge in [0.1, 0.15) is 0 Å². The first kappa shape index (κ1) is 16.8. The molecule has 1 aromatic carbocycles. The summed E-state index contributed by atoms with van der Waals surface area (Å²) in [6.45, 7) is 13.3. The number of rotatable bonds is 8. The first-order valence-electron chi connectivity index (χ1n) is 8.50. The highest BCUT2D eigenvalue weighted by Gasteiger charge is 2.08. The monoisotopic (exact) mass is 298 g/mol. The molecule has 120 valence electrons. The largest absolute Gasteiger partial charge is 0.346 e. The zero-order chi connectivity index (χ0) is 15.9. The smallest absolute Gasteiger partial charge is 0.0473 e. The fraction of sp³-hybridized carbons (Fsp3) is 0.500. The highest BCUT2D eigenvalue weighted by Crippen LogP contribution is 2.12. The molecule has 1 heterocycles. The van der Waals surface area contributed by atoms with Gasteiger partial charge in [-0.05, 0) is 50.0 Å². The van der Waals surface area contributed by atoms with Crippen LogP contribution in [0.15, 0.2) is 42.6 Å². The average molecular weight is 298 g/mol. The Bertz CT molecular complexity index is 551. The minimum Gasteiger partial charge on any atom is -0.346 e. The molecule has 0 aliphatic carbocycles. The second-order valence-corrected chi connectivity index (χ2v) is 6.66. The van der Waals surface area contributed by atoms with Crippen LogP contribution in [0.2, 0.25) is 0 Å². The Morgan fingerprint density at radius 1 is 1.09 bits per heavy atom. The highest BCUT2D eigenvalue weighted by atomic mass is 15.1. The van der Waals surface area contributed by atoms with E-state index in [1.165, 1.54) is 29.8 Å². The predicted molar refractivity (Wildman–Crippen MR) is 95.1 cm³/mol. The minimum absolute atomic E-state index is 0.772. The van der Waals surface area contributed by atoms with Crippen molar-refractivity contribution in [3.05, 3.63) is 59.4 Å². The van der Waals surface area contributed by atoms with Crippen molar-refractivity contribution >= 4 is 0 Å². The molecule has 0 N–H and O–H groups in total. The summed E-state index contributed by atoms with van der Waals surface area (Å²) in [6.07, 6.45) is 3.47. The minimum atomic E-state index is 0.772. The topological polar surface area (TPSA) is 8.17 Å². The fourth-order valence-electron chi connectivity index (χ4n) is 2.66. The molecule has 0 saturated heterocycles. The molecule has 0 unspecified atom stereocenters. The van der Waals surface area contributed by atoms with Crippen molar-refractivity contribution < 1.29 is 0 Å². The molecule has 2 rings (SSSR count). The van der Waals surface area contributed by atoms with E-state index >= 15 is 0 Å². The summed E-state index contributed by atoms with van der Waals surface area (Å²) in [5, 5.41) is 0. The molecule has 0 radical (unpaired) electrons. The van der Waals surface area contributed by atoms with Gasteiger partial charge in [0.05, 0.1) is 0 Å². The predicted octanol–water partition coefficient (Wildman–Crippen LogP) is 4.71. The quantitative estimate of drug-likeness (QED) is 0.685. The molecule has 0 bridgehead atoms. The van der Waals surface area contributed by atoms with Gasteiger partial charge in [-0.15, -0.1) is 0 Å². The fourth-order valence-corrected chi connectivity index (χ4v) is 2.66. The molecule has 0 aliphatic rings. The van der Waals surface area contributed by atoms with E-state index in [4.69, 9.17) is 0 Å². The maximum absolute atomic E-state index is 2.54. The van der Waals surface area contributed by atoms with Crippen molar-refractivity contribution in [3.8, 4) is 0 Å². The molecule has 22 heavy (non-hydrogen) atoms. The van der Waals surface area contributed by atoms with Gasteiger partial charge in [0.2, 0.25) is 0 Å². The van der Waals surface area contributed by atoms with E-state index in [0.717, 1.165) is 25.6 Å². The maximum Gasteiger partial charge on any atom is 0.0473 e. The highest BCUT2D eigenvalue weighted by molar-refractivity contribution is 5.22. The van der Waals surface area contributed by atoms with E-state index < -0.39 is 0 Å². The van der Waals surface area contributed by atoms with Crippen LogP contribution < -0.4 is 0 Å². The number of hydrogen-bond acceptors (Lipinski definition) is 1. The molecule has 0 fully saturated rings. The molecule has 2 aromatic rings. The Labute approximate surface area is 135 Å². The lowest BCUT2D eigenvalue weighted by atomic mass is 10.1. The van der Waals surface area contributed by atoms with Crippen LogP contribution in [0.25, 0.3) is 0 Å². The third kappa shape index (κ3) is 5.03. The number of nitrogens with zero attached hydrogens (tertiary/aromatic N) is 2. The molecular weight excluding hydrogens is 268 g/mol. The SMILES string of the molecule is CCN(CCC(C)C)Cc1cccn1Cc1ccc(C)cc1. The molecule has 0 atom stereocenters. The number of benzene rings is 1. The molecule has 2 nitrogen and oxygen atoms in total. The van der Waals surface area contributed by atoms with Crippen LogP contribution in [0, 0.1) is 12.8 Å². The molecule has 0 saturated carbocycles. The van der Waals surface area contributed by atoms with Gasteiger partial charge in [-0.3, -0.25) is 4.90 Å². The Morgan fingerprint density at radius 2 is 1.82 bits per heavy atom. The molecule has 0 aliphatic heterocycles. The third-order valence-corrected chi connectivity index (χ3v) is 4.25. The van der Waals surface area contributed by atoms with Crippen LogP contribution >= 0.6 is 0 Å². The van der Waals surface area contributed by atoms with E-state index in [-0.39, 0.29) is 0 Å². The van der Waals surface area contributed by atoms with Crippen molar-refractivity contribution in [2.24, 2.45) is 5.92 Å². The Balaban J connectivity index is 2.00. The average Bonchev–Trinajstić information content (AvgIpc) is 2.92. The molecule has 1 aromatic heterocycles. The molecule has 0 amide bonds. The summed E-state index contributed by atoms with van der Waals surface area (Å²) in [5.41, 5.74) is 4.10. The lowest BCUT2D eigenvalue weighted by molar-refractivity contribution is 0.256. The standard InChI is InChI=1S/C20H30N2/c1-5-21(14-12-17(2)3)16-20-7-6-13-22(20)15-19-10-8-18(4)9-11-19/h6-11,13,17H,5,12,14-16H2,1-4H3. The summed E-state index contributed by atoms with van der Waals surface area (Å²) >= 11 is 0. The normalized spacial score (nSPS) is 11.5. The van der Waals surface area contributed by atoms with E-state index in [0.29, 0.717) is 0 Å². The summed E-state index contributed by atoms with van der Waals surface area (Å²) in [5.74, 6) is 0.772. The van der Waals surface area contributed by atoms with Crippen LogP contribution in [-0.4, -0.2) is 22.6 Å². The summed E-state index contributed by atoms with van der Waals surface area (Å²) in [4.78, 5) is 2.54. The van der Waals surface area contributed by atoms with Crippen molar-refractivity contribution in [2.75, 3.05) is 13.1 Å². The van der Waals surface area contributed by atoms with E-state index in [1.807, 2.05) is 0 Å². The van der Waals surface area contributed by atoms with Gasteiger partial charge in [0, 0.05) is 25.0 Å². The first-order chi connectivity index (χ1) is 10.6. The van der Waals surface area contributed by atoms with Crippen molar-refractivity contribution in [1.29, 1.82) is 0 Å². The first-order valence-corrected chi connectivity index (χ1v) is 8.50. The van der Waals surface area contributed by atoms with Crippen LogP contribution in [0.4, 0.5) is 0 Å². The van der Waals surface area contributed by atoms with E-state index in [1.54, 1.807) is 0 Å². The molecule has 0 spiro atoms. The van der Waals surface area contributed by atoms with Gasteiger partial charge >= 0.3 is 0 Å². The van der Waals surface area contributed by atoms with Crippen molar-refractivity contribution in [2.45, 2.75) is 47.2 Å². The van der Waals surface area contributed by atoms with Crippen LogP contribution in [0.1, 0.15) is 44.0 Å². The third-order valence-electron chi connectivity index (χ3n) is 4.25. The zero-order valence-electron chi connectivity index (χ0n) is 14.5. The molecule has 2 heteroatoms. The maximum atomic E-state index is 2.54. The van der Waals surface area contributed by atoms with Crippen molar-refractivity contribution in [3.63, 3.8) is 0 Å². The van der Waals surface area contributed by atoms with Gasteiger partial charge in [0.15, 0.2) is 0 Å². The number of hydrogen-bond donors (Lipinski definition) is 0. The summed E-state index contributed by atoms with van der Waals surface area (Å²) in [7, 11) is 0. The Hall–Kier alpha value is -1.54. The van der Waals surface area contributed by atoms with E-state index in [9.17, 15) is 0 Å². The zero-order valence-corrected chi connectivity index (χ0v) is 14.5. The second kappa shape index (κ2) is 8.19. The van der Waals surface area contributed by atoms with Crippen LogP contribution in [0.5, 0.6) is 0 Å². The lowest BCUT2D eigenvalue weighted by Crippen LogP contribution is -2.26. The van der Waals surface area contributed by atoms with Crippen LogP contribution in [0.3, 0.4) is 0 Å². The van der Waals surface area contributed by atoms with Gasteiger partial charge in [-0.2, -0.15) is 0 Å². The summed E-state index contributed by atoms with van der Waals surface area (Å²) in [6, 6.07) is 13.3. The second-order valence-electron chi connectivity index (χ2n) is 6.66. The van der Waals surface area contributed by atoms with Gasteiger partial charge in [0.25, 0.3) is 0 Å². The van der Waals surface area contributed by atoms with E-state index in [2.05, 4.69) is 79.8 Å². The lowest BCUT2D eigenvalue weighted by Gasteiger charge is -2.22. The van der Waals surface area contributed by atoms with Crippen LogP contribution in [-0.2, 0) is 13.1 Å². The summed E-state index contributed by atoms with van der Waals surface area (Å²) < 4.78 is 2.38. The van der Waals surface area contributed by atoms with Gasteiger partial charge in [-0.1, -0.05) is 50.6 Å².